The van der Waals surface area contributed by atoms with E-state index in [1.54, 1.807) is 0 Å². The largest absolute Gasteiger partial charge is 0.289 e. The molecular weight excluding hydrogens is 184 g/mol. The van der Waals surface area contributed by atoms with Gasteiger partial charge in [0.05, 0.1) is 0 Å². The van der Waals surface area contributed by atoms with Crippen molar-refractivity contribution in [1.82, 2.24) is 0 Å². The zero-order chi connectivity index (χ0) is 10.7. The van der Waals surface area contributed by atoms with Crippen LogP contribution < -0.4 is 0 Å². The zero-order valence-corrected chi connectivity index (χ0v) is 8.60. The van der Waals surface area contributed by atoms with E-state index >= 15 is 0 Å². The highest BCUT2D eigenvalue weighted by Crippen LogP contribution is 2.10. The molecule has 0 N–H and O–H groups in total. The maximum absolute atomic E-state index is 12.0. The van der Waals surface area contributed by atoms with E-state index in [9.17, 15) is 4.79 Å². The first-order chi connectivity index (χ1) is 7.27. The molecule has 0 aliphatic heterocycles. The predicted molar refractivity (Wildman–Crippen MR) is 61.1 cm³/mol. The molecule has 0 spiro atoms. The van der Waals surface area contributed by atoms with Crippen LogP contribution in [0.25, 0.3) is 0 Å². The molecule has 0 amide bonds. The van der Waals surface area contributed by atoms with Gasteiger partial charge >= 0.3 is 0 Å². The van der Waals surface area contributed by atoms with Crippen molar-refractivity contribution in [2.24, 2.45) is 0 Å². The summed E-state index contributed by atoms with van der Waals surface area (Å²) in [6.07, 6.45) is 0. The molecule has 0 bridgehead atoms. The number of rotatable bonds is 2. The molecule has 2 rings (SSSR count). The first-order valence-electron chi connectivity index (χ1n) is 4.94. The lowest BCUT2D eigenvalue weighted by molar-refractivity contribution is 0.103. The molecule has 0 saturated heterocycles. The average molecular weight is 196 g/mol. The maximum Gasteiger partial charge on any atom is 0.193 e. The number of carbonyl (C=O) groups excluding carboxylic acids is 1. The molecule has 15 heavy (non-hydrogen) atoms. The van der Waals surface area contributed by atoms with Crippen molar-refractivity contribution >= 4 is 5.78 Å². The molecule has 0 aromatic heterocycles. The van der Waals surface area contributed by atoms with E-state index in [1.165, 1.54) is 0 Å². The minimum Gasteiger partial charge on any atom is -0.289 e. The van der Waals surface area contributed by atoms with Gasteiger partial charge in [-0.15, -0.1) is 0 Å². The van der Waals surface area contributed by atoms with Gasteiger partial charge in [0.1, 0.15) is 0 Å². The lowest BCUT2D eigenvalue weighted by Gasteiger charge is -2.01. The Hall–Kier alpha value is -1.89. The fourth-order valence-corrected chi connectivity index (χ4v) is 1.54. The Morgan fingerprint density at radius 2 is 1.53 bits per heavy atom. The first kappa shape index (κ1) is 9.66. The lowest BCUT2D eigenvalue weighted by atomic mass is 10.0. The van der Waals surface area contributed by atoms with Crippen LogP contribution in [0, 0.1) is 6.92 Å². The van der Waals surface area contributed by atoms with Gasteiger partial charge in [-0.25, -0.2) is 0 Å². The monoisotopic (exact) mass is 196 g/mol. The molecule has 0 fully saturated rings. The van der Waals surface area contributed by atoms with Crippen LogP contribution in [0.3, 0.4) is 0 Å². The fraction of sp³-hybridized carbons (Fsp3) is 0.0714. The van der Waals surface area contributed by atoms with Gasteiger partial charge in [0.2, 0.25) is 0 Å². The predicted octanol–water partition coefficient (Wildman–Crippen LogP) is 3.23. The standard InChI is InChI=1S/C14H12O/c1-11-6-5-9-13(10-11)14(15)12-7-3-2-4-8-12/h2-10H,1H3. The van der Waals surface area contributed by atoms with Crippen molar-refractivity contribution in [3.63, 3.8) is 0 Å². The maximum atomic E-state index is 12.0. The summed E-state index contributed by atoms with van der Waals surface area (Å²) in [5, 5.41) is 0. The quantitative estimate of drug-likeness (QED) is 0.674. The third-order valence-corrected chi connectivity index (χ3v) is 2.32. The van der Waals surface area contributed by atoms with Crippen molar-refractivity contribution in [2.45, 2.75) is 6.92 Å². The van der Waals surface area contributed by atoms with Crippen molar-refractivity contribution in [3.05, 3.63) is 71.3 Å². The SMILES string of the molecule is Cc1cccc(C(=O)c2ccccc2)c1. The summed E-state index contributed by atoms with van der Waals surface area (Å²) in [5.74, 6) is 0.0827. The molecule has 74 valence electrons. The molecule has 2 aromatic carbocycles. The van der Waals surface area contributed by atoms with Crippen LogP contribution in [0.4, 0.5) is 0 Å². The average Bonchev–Trinajstić information content (AvgIpc) is 2.29. The number of aryl methyl sites for hydroxylation is 1. The van der Waals surface area contributed by atoms with E-state index in [-0.39, 0.29) is 5.78 Å². The Morgan fingerprint density at radius 3 is 2.20 bits per heavy atom. The summed E-state index contributed by atoms with van der Waals surface area (Å²) in [5.41, 5.74) is 2.60. The van der Waals surface area contributed by atoms with Gasteiger partial charge in [0.15, 0.2) is 5.78 Å². The van der Waals surface area contributed by atoms with Crippen LogP contribution in [0.1, 0.15) is 21.5 Å². The Morgan fingerprint density at radius 1 is 0.867 bits per heavy atom. The van der Waals surface area contributed by atoms with Crippen LogP contribution in [0.2, 0.25) is 0 Å². The molecule has 0 unspecified atom stereocenters. The molecule has 0 saturated carbocycles. The number of hydrogen-bond donors (Lipinski definition) is 0. The van der Waals surface area contributed by atoms with E-state index in [1.807, 2.05) is 61.5 Å². The van der Waals surface area contributed by atoms with Crippen LogP contribution in [0.5, 0.6) is 0 Å². The number of carbonyl (C=O) groups is 1. The Kier molecular flexibility index (Phi) is 2.64. The highest BCUT2D eigenvalue weighted by molar-refractivity contribution is 6.09. The second kappa shape index (κ2) is 4.09. The molecule has 2 aromatic rings. The molecule has 0 radical (unpaired) electrons. The second-order valence-corrected chi connectivity index (χ2v) is 3.56. The van der Waals surface area contributed by atoms with Gasteiger partial charge < -0.3 is 0 Å². The fourth-order valence-electron chi connectivity index (χ4n) is 1.54. The van der Waals surface area contributed by atoms with E-state index in [4.69, 9.17) is 0 Å². The Balaban J connectivity index is 2.37. The minimum atomic E-state index is 0.0827. The summed E-state index contributed by atoms with van der Waals surface area (Å²) < 4.78 is 0. The van der Waals surface area contributed by atoms with Gasteiger partial charge in [-0.05, 0) is 13.0 Å². The summed E-state index contributed by atoms with van der Waals surface area (Å²) in [7, 11) is 0. The normalized spacial score (nSPS) is 9.93. The van der Waals surface area contributed by atoms with Crippen molar-refractivity contribution < 1.29 is 4.79 Å². The van der Waals surface area contributed by atoms with E-state index < -0.39 is 0 Å². The van der Waals surface area contributed by atoms with Crippen LogP contribution in [0.15, 0.2) is 54.6 Å². The van der Waals surface area contributed by atoms with Crippen molar-refractivity contribution in [3.8, 4) is 0 Å². The summed E-state index contributed by atoms with van der Waals surface area (Å²) in [4.78, 5) is 12.0. The van der Waals surface area contributed by atoms with Gasteiger partial charge in [-0.2, -0.15) is 0 Å². The van der Waals surface area contributed by atoms with Crippen LogP contribution in [-0.2, 0) is 0 Å². The molecular formula is C14H12O. The summed E-state index contributed by atoms with van der Waals surface area (Å²) in [6, 6.07) is 17.0. The molecule has 1 heteroatoms. The molecule has 1 nitrogen and oxygen atoms in total. The minimum absolute atomic E-state index is 0.0827. The highest BCUT2D eigenvalue weighted by atomic mass is 16.1. The second-order valence-electron chi connectivity index (χ2n) is 3.56. The van der Waals surface area contributed by atoms with Gasteiger partial charge in [0, 0.05) is 11.1 Å². The lowest BCUT2D eigenvalue weighted by Crippen LogP contribution is -2.00. The van der Waals surface area contributed by atoms with Crippen LogP contribution in [-0.4, -0.2) is 5.78 Å². The van der Waals surface area contributed by atoms with Gasteiger partial charge in [-0.1, -0.05) is 54.1 Å². The summed E-state index contributed by atoms with van der Waals surface area (Å²) in [6.45, 7) is 1.99. The molecule has 0 aliphatic carbocycles. The third-order valence-electron chi connectivity index (χ3n) is 2.32. The third kappa shape index (κ3) is 2.13. The number of ketones is 1. The highest BCUT2D eigenvalue weighted by Gasteiger charge is 2.07. The smallest absolute Gasteiger partial charge is 0.193 e. The Labute approximate surface area is 89.4 Å². The molecule has 0 atom stereocenters. The first-order valence-corrected chi connectivity index (χ1v) is 4.94. The van der Waals surface area contributed by atoms with Gasteiger partial charge in [0.25, 0.3) is 0 Å². The number of hydrogen-bond acceptors (Lipinski definition) is 1. The van der Waals surface area contributed by atoms with Crippen molar-refractivity contribution in [2.75, 3.05) is 0 Å². The van der Waals surface area contributed by atoms with Gasteiger partial charge in [-0.3, -0.25) is 4.79 Å². The van der Waals surface area contributed by atoms with E-state index in [0.717, 1.165) is 16.7 Å². The molecule has 0 heterocycles. The Bertz CT molecular complexity index is 472. The number of benzene rings is 2. The molecule has 0 aliphatic rings. The van der Waals surface area contributed by atoms with E-state index in [2.05, 4.69) is 0 Å². The van der Waals surface area contributed by atoms with E-state index in [0.29, 0.717) is 0 Å². The van der Waals surface area contributed by atoms with Crippen molar-refractivity contribution in [1.29, 1.82) is 0 Å². The zero-order valence-electron chi connectivity index (χ0n) is 8.60. The summed E-state index contributed by atoms with van der Waals surface area (Å²) >= 11 is 0. The topological polar surface area (TPSA) is 17.1 Å². The van der Waals surface area contributed by atoms with Crippen LogP contribution >= 0.6 is 0 Å².